The van der Waals surface area contributed by atoms with Gasteiger partial charge in [0.25, 0.3) is 0 Å². The van der Waals surface area contributed by atoms with Gasteiger partial charge < -0.3 is 73.6 Å². The van der Waals surface area contributed by atoms with E-state index in [-0.39, 0.29) is 11.3 Å². The summed E-state index contributed by atoms with van der Waals surface area (Å²) in [4.78, 5) is 25.4. The SMILES string of the molecule is COc1cc(/C=C/C(=O)O[C@H]2[C@H](O)[C@@H](CO)O[C@@]2(CO)O[C@@H]2O[C@H](COC(=O)c3ccc(O)cc3)[C@@H](O)[C@H](O)[C@H]2O)cc(OC)c1OC. The first-order chi connectivity index (χ1) is 22.9. The number of benzene rings is 2. The maximum Gasteiger partial charge on any atom is 0.338 e. The van der Waals surface area contributed by atoms with Crippen LogP contribution in [0.4, 0.5) is 0 Å². The Kier molecular flexibility index (Phi) is 12.2. The molecular weight excluding hydrogens is 644 g/mol. The zero-order valence-corrected chi connectivity index (χ0v) is 26.1. The second-order valence-electron chi connectivity index (χ2n) is 10.7. The number of hydrogen-bond donors (Lipinski definition) is 7. The lowest BCUT2D eigenvalue weighted by Gasteiger charge is -2.43. The van der Waals surface area contributed by atoms with Gasteiger partial charge in [0.15, 0.2) is 23.9 Å². The summed E-state index contributed by atoms with van der Waals surface area (Å²) >= 11 is 0. The van der Waals surface area contributed by atoms with Crippen LogP contribution in [-0.2, 0) is 28.5 Å². The van der Waals surface area contributed by atoms with E-state index in [0.717, 1.165) is 6.08 Å². The van der Waals surface area contributed by atoms with Crippen molar-refractivity contribution in [2.45, 2.75) is 54.8 Å². The molecule has 0 aromatic heterocycles. The van der Waals surface area contributed by atoms with E-state index >= 15 is 0 Å². The first kappa shape index (κ1) is 36.8. The number of carbonyl (C=O) groups excluding carboxylic acids is 2. The lowest BCUT2D eigenvalue weighted by molar-refractivity contribution is -0.383. The van der Waals surface area contributed by atoms with Crippen molar-refractivity contribution in [1.29, 1.82) is 0 Å². The molecule has 0 aliphatic carbocycles. The zero-order chi connectivity index (χ0) is 35.2. The van der Waals surface area contributed by atoms with Gasteiger partial charge in [0, 0.05) is 6.08 Å². The molecule has 2 aliphatic heterocycles. The van der Waals surface area contributed by atoms with E-state index < -0.39 is 86.6 Å². The maximum atomic E-state index is 13.0. The molecule has 7 N–H and O–H groups in total. The molecule has 2 aromatic carbocycles. The van der Waals surface area contributed by atoms with Crippen LogP contribution in [0, 0.1) is 0 Å². The van der Waals surface area contributed by atoms with Gasteiger partial charge in [-0.1, -0.05) is 0 Å². The molecule has 48 heavy (non-hydrogen) atoms. The van der Waals surface area contributed by atoms with E-state index in [4.69, 9.17) is 37.9 Å². The number of aromatic hydroxyl groups is 1. The first-order valence-corrected chi connectivity index (χ1v) is 14.5. The predicted octanol–water partition coefficient (Wildman–Crippen LogP) is -1.54. The molecule has 0 amide bonds. The van der Waals surface area contributed by atoms with Crippen molar-refractivity contribution < 1.29 is 83.2 Å². The van der Waals surface area contributed by atoms with Gasteiger partial charge in [0.1, 0.15) is 55.6 Å². The Hall–Kier alpha value is -4.04. The van der Waals surface area contributed by atoms with Gasteiger partial charge >= 0.3 is 11.9 Å². The summed E-state index contributed by atoms with van der Waals surface area (Å²) in [6.07, 6.45) is -11.9. The number of phenolic OH excluding ortho intramolecular Hbond substituents is 1. The second kappa shape index (κ2) is 15.9. The van der Waals surface area contributed by atoms with Crippen LogP contribution in [0.5, 0.6) is 23.0 Å². The Bertz CT molecular complexity index is 1410. The van der Waals surface area contributed by atoms with Gasteiger partial charge in [-0.2, -0.15) is 0 Å². The van der Waals surface area contributed by atoms with Crippen LogP contribution >= 0.6 is 0 Å². The smallest absolute Gasteiger partial charge is 0.338 e. The number of carbonyl (C=O) groups is 2. The van der Waals surface area contributed by atoms with Crippen molar-refractivity contribution in [2.75, 3.05) is 41.2 Å². The van der Waals surface area contributed by atoms with E-state index in [1.807, 2.05) is 0 Å². The molecule has 2 saturated heterocycles. The van der Waals surface area contributed by atoms with Crippen molar-refractivity contribution in [2.24, 2.45) is 0 Å². The molecule has 0 spiro atoms. The van der Waals surface area contributed by atoms with Crippen LogP contribution in [0.25, 0.3) is 6.08 Å². The fourth-order valence-electron chi connectivity index (χ4n) is 5.13. The molecule has 2 aromatic rings. The summed E-state index contributed by atoms with van der Waals surface area (Å²) in [5.41, 5.74) is 0.476. The van der Waals surface area contributed by atoms with Gasteiger partial charge in [-0.15, -0.1) is 0 Å². The largest absolute Gasteiger partial charge is 0.508 e. The highest BCUT2D eigenvalue weighted by molar-refractivity contribution is 5.89. The standard InChI is InChI=1S/C31H38O17/c1-41-18-10-15(11-19(42-2)27(18)43-3)4-9-22(35)46-28-24(37)20(12-32)47-31(28,14-33)48-30-26(39)25(38)23(36)21(45-30)13-44-29(40)16-5-7-17(34)8-6-16/h4-11,20-21,23-26,28,30,32-34,36-39H,12-14H2,1-3H3/b9-4+/t20-,21-,23-,24-,25+,26-,28+,30+,31+/m1/s1. The number of ether oxygens (including phenoxy) is 8. The quantitative estimate of drug-likeness (QED) is 0.0934. The molecule has 2 aliphatic rings. The van der Waals surface area contributed by atoms with E-state index in [1.54, 1.807) is 12.1 Å². The molecule has 0 unspecified atom stereocenters. The average molecular weight is 683 g/mol. The minimum absolute atomic E-state index is 0.0538. The number of rotatable bonds is 13. The second-order valence-corrected chi connectivity index (χ2v) is 10.7. The Morgan fingerprint density at radius 2 is 1.52 bits per heavy atom. The van der Waals surface area contributed by atoms with Crippen molar-refractivity contribution in [3.05, 3.63) is 53.6 Å². The van der Waals surface area contributed by atoms with Crippen LogP contribution in [0.15, 0.2) is 42.5 Å². The van der Waals surface area contributed by atoms with Crippen LogP contribution < -0.4 is 14.2 Å². The molecule has 17 heteroatoms. The number of aliphatic hydroxyl groups is 6. The summed E-state index contributed by atoms with van der Waals surface area (Å²) in [5.74, 6) is -3.57. The number of methoxy groups -OCH3 is 3. The molecule has 17 nitrogen and oxygen atoms in total. The highest BCUT2D eigenvalue weighted by Crippen LogP contribution is 2.40. The minimum Gasteiger partial charge on any atom is -0.508 e. The lowest BCUT2D eigenvalue weighted by atomic mass is 9.98. The maximum absolute atomic E-state index is 13.0. The Labute approximate surface area is 274 Å². The normalized spacial score (nSPS) is 30.2. The number of aliphatic hydroxyl groups excluding tert-OH is 6. The molecular formula is C31H38O17. The molecule has 2 fully saturated rings. The molecule has 0 radical (unpaired) electrons. The number of phenols is 1. The molecule has 0 bridgehead atoms. The third-order valence-electron chi connectivity index (χ3n) is 7.68. The van der Waals surface area contributed by atoms with E-state index in [0.29, 0.717) is 22.8 Å². The zero-order valence-electron chi connectivity index (χ0n) is 26.1. The third-order valence-corrected chi connectivity index (χ3v) is 7.68. The van der Waals surface area contributed by atoms with Crippen molar-refractivity contribution in [3.63, 3.8) is 0 Å². The van der Waals surface area contributed by atoms with Crippen molar-refractivity contribution in [3.8, 4) is 23.0 Å². The summed E-state index contributed by atoms with van der Waals surface area (Å²) in [7, 11) is 4.24. The molecule has 9 atom stereocenters. The van der Waals surface area contributed by atoms with Gasteiger partial charge in [-0.3, -0.25) is 0 Å². The van der Waals surface area contributed by atoms with E-state index in [1.165, 1.54) is 51.7 Å². The van der Waals surface area contributed by atoms with Crippen LogP contribution in [0.2, 0.25) is 0 Å². The van der Waals surface area contributed by atoms with Crippen molar-refractivity contribution in [1.82, 2.24) is 0 Å². The van der Waals surface area contributed by atoms with E-state index in [2.05, 4.69) is 0 Å². The van der Waals surface area contributed by atoms with Crippen LogP contribution in [0.1, 0.15) is 15.9 Å². The van der Waals surface area contributed by atoms with Gasteiger partial charge in [0.05, 0.1) is 33.5 Å². The Balaban J connectivity index is 1.51. The predicted molar refractivity (Wildman–Crippen MR) is 159 cm³/mol. The first-order valence-electron chi connectivity index (χ1n) is 14.5. The molecule has 264 valence electrons. The number of hydrogen-bond acceptors (Lipinski definition) is 17. The molecule has 2 heterocycles. The topological polar surface area (TPSA) is 250 Å². The van der Waals surface area contributed by atoms with Crippen molar-refractivity contribution >= 4 is 18.0 Å². The van der Waals surface area contributed by atoms with E-state index in [9.17, 15) is 45.3 Å². The minimum atomic E-state index is -2.47. The summed E-state index contributed by atoms with van der Waals surface area (Å²) < 4.78 is 43.3. The Morgan fingerprint density at radius 1 is 0.875 bits per heavy atom. The Morgan fingerprint density at radius 3 is 2.08 bits per heavy atom. The van der Waals surface area contributed by atoms with Crippen LogP contribution in [0.3, 0.4) is 0 Å². The number of esters is 2. The highest BCUT2D eigenvalue weighted by atomic mass is 16.8. The highest BCUT2D eigenvalue weighted by Gasteiger charge is 2.60. The average Bonchev–Trinajstić information content (AvgIpc) is 3.36. The third kappa shape index (κ3) is 7.81. The van der Waals surface area contributed by atoms with Crippen LogP contribution in [-0.4, -0.2) is 144 Å². The summed E-state index contributed by atoms with van der Waals surface area (Å²) in [5, 5.41) is 72.2. The molecule has 0 saturated carbocycles. The van der Waals surface area contributed by atoms with Gasteiger partial charge in [0.2, 0.25) is 11.5 Å². The van der Waals surface area contributed by atoms with Gasteiger partial charge in [-0.25, -0.2) is 9.59 Å². The summed E-state index contributed by atoms with van der Waals surface area (Å²) in [6.45, 7) is -2.59. The monoisotopic (exact) mass is 682 g/mol. The fourth-order valence-corrected chi connectivity index (χ4v) is 5.13. The summed E-state index contributed by atoms with van der Waals surface area (Å²) in [6, 6.07) is 8.16. The lowest BCUT2D eigenvalue weighted by Crippen LogP contribution is -2.63. The van der Waals surface area contributed by atoms with Gasteiger partial charge in [-0.05, 0) is 48.0 Å². The fraction of sp³-hybridized carbons (Fsp3) is 0.484. The molecule has 4 rings (SSSR count).